The molecule has 0 saturated heterocycles. The van der Waals surface area contributed by atoms with Gasteiger partial charge in [-0.3, -0.25) is 0 Å². The van der Waals surface area contributed by atoms with Crippen molar-refractivity contribution in [1.82, 2.24) is 15.3 Å². The fourth-order valence-corrected chi connectivity index (χ4v) is 1.27. The van der Waals surface area contributed by atoms with E-state index in [1.807, 2.05) is 13.8 Å². The highest BCUT2D eigenvalue weighted by molar-refractivity contribution is 5.34. The van der Waals surface area contributed by atoms with E-state index in [4.69, 9.17) is 14.6 Å². The number of aliphatic hydroxyl groups excluding tert-OH is 1. The van der Waals surface area contributed by atoms with E-state index < -0.39 is 0 Å². The molecule has 0 amide bonds. The van der Waals surface area contributed by atoms with Crippen LogP contribution in [-0.4, -0.2) is 41.4 Å². The van der Waals surface area contributed by atoms with Crippen molar-refractivity contribution in [1.29, 1.82) is 0 Å². The summed E-state index contributed by atoms with van der Waals surface area (Å²) in [6.07, 6.45) is 1.39. The lowest BCUT2D eigenvalue weighted by Gasteiger charge is -2.24. The molecule has 1 aromatic rings. The molecule has 0 aliphatic heterocycles. The van der Waals surface area contributed by atoms with Crippen molar-refractivity contribution in [3.63, 3.8) is 0 Å². The average molecular weight is 241 g/mol. The van der Waals surface area contributed by atoms with Gasteiger partial charge in [0.1, 0.15) is 6.33 Å². The number of aromatic nitrogens is 2. The van der Waals surface area contributed by atoms with Gasteiger partial charge in [0.2, 0.25) is 11.8 Å². The fraction of sp³-hybridized carbons (Fsp3) is 0.636. The first kappa shape index (κ1) is 13.7. The zero-order chi connectivity index (χ0) is 12.9. The molecular formula is C11H19N3O3. The normalized spacial score (nSPS) is 11.4. The van der Waals surface area contributed by atoms with Gasteiger partial charge in [-0.05, 0) is 13.8 Å². The van der Waals surface area contributed by atoms with E-state index >= 15 is 0 Å². The summed E-state index contributed by atoms with van der Waals surface area (Å²) in [5, 5.41) is 12.4. The summed E-state index contributed by atoms with van der Waals surface area (Å²) in [5.74, 6) is 0.941. The van der Waals surface area contributed by atoms with Crippen molar-refractivity contribution in [2.45, 2.75) is 25.9 Å². The maximum atomic E-state index is 9.17. The van der Waals surface area contributed by atoms with E-state index in [-0.39, 0.29) is 12.1 Å². The van der Waals surface area contributed by atoms with Crippen LogP contribution in [0.4, 0.5) is 0 Å². The van der Waals surface area contributed by atoms with Crippen molar-refractivity contribution < 1.29 is 14.6 Å². The van der Waals surface area contributed by atoms with Gasteiger partial charge in [-0.2, -0.15) is 0 Å². The number of hydrogen-bond acceptors (Lipinski definition) is 6. The van der Waals surface area contributed by atoms with E-state index in [9.17, 15) is 0 Å². The van der Waals surface area contributed by atoms with E-state index in [1.165, 1.54) is 6.33 Å². The minimum atomic E-state index is -0.383. The summed E-state index contributed by atoms with van der Waals surface area (Å²) >= 11 is 0. The zero-order valence-electron chi connectivity index (χ0n) is 10.6. The van der Waals surface area contributed by atoms with Gasteiger partial charge in [-0.1, -0.05) is 0 Å². The molecule has 1 heterocycles. The van der Waals surface area contributed by atoms with Crippen LogP contribution in [0, 0.1) is 0 Å². The van der Waals surface area contributed by atoms with Crippen LogP contribution < -0.4 is 14.8 Å². The predicted octanol–water partition coefficient (Wildman–Crippen LogP) is 0.354. The molecule has 0 spiro atoms. The first-order valence-electron chi connectivity index (χ1n) is 5.32. The van der Waals surface area contributed by atoms with Gasteiger partial charge in [-0.25, -0.2) is 9.97 Å². The molecule has 0 unspecified atom stereocenters. The molecule has 0 aliphatic rings. The summed E-state index contributed by atoms with van der Waals surface area (Å²) in [6.45, 7) is 4.29. The van der Waals surface area contributed by atoms with E-state index in [0.29, 0.717) is 18.3 Å². The maximum Gasteiger partial charge on any atom is 0.224 e. The Morgan fingerprint density at radius 2 is 1.76 bits per heavy atom. The molecular weight excluding hydrogens is 222 g/mol. The van der Waals surface area contributed by atoms with Gasteiger partial charge in [0.25, 0.3) is 0 Å². The number of aliphatic hydroxyl groups is 1. The van der Waals surface area contributed by atoms with Crippen LogP contribution in [0.15, 0.2) is 6.33 Å². The molecule has 0 saturated carbocycles. The molecule has 0 atom stereocenters. The molecule has 0 aromatic carbocycles. The third-order valence-corrected chi connectivity index (χ3v) is 2.39. The van der Waals surface area contributed by atoms with Crippen LogP contribution in [-0.2, 0) is 6.54 Å². The van der Waals surface area contributed by atoms with E-state index in [2.05, 4.69) is 15.3 Å². The summed E-state index contributed by atoms with van der Waals surface area (Å²) < 4.78 is 10.3. The summed E-state index contributed by atoms with van der Waals surface area (Å²) in [7, 11) is 3.09. The third-order valence-electron chi connectivity index (χ3n) is 2.39. The molecule has 6 nitrogen and oxygen atoms in total. The molecule has 1 rings (SSSR count). The fourth-order valence-electron chi connectivity index (χ4n) is 1.27. The van der Waals surface area contributed by atoms with Crippen molar-refractivity contribution in [2.75, 3.05) is 20.8 Å². The van der Waals surface area contributed by atoms with Gasteiger partial charge in [0, 0.05) is 12.1 Å². The Morgan fingerprint density at radius 1 is 1.24 bits per heavy atom. The van der Waals surface area contributed by atoms with Crippen LogP contribution in [0.1, 0.15) is 19.4 Å². The Bertz CT molecular complexity index is 347. The summed E-state index contributed by atoms with van der Waals surface area (Å²) in [5.41, 5.74) is 0.352. The molecule has 2 N–H and O–H groups in total. The number of nitrogens with zero attached hydrogens (tertiary/aromatic N) is 2. The molecule has 6 heteroatoms. The Hall–Kier alpha value is -1.40. The number of ether oxygens (including phenoxy) is 2. The molecule has 17 heavy (non-hydrogen) atoms. The Labute approximate surface area is 101 Å². The highest BCUT2D eigenvalue weighted by Gasteiger charge is 2.19. The molecule has 0 fully saturated rings. The van der Waals surface area contributed by atoms with Crippen LogP contribution in [0.25, 0.3) is 0 Å². The topological polar surface area (TPSA) is 76.5 Å². The van der Waals surface area contributed by atoms with Gasteiger partial charge in [0.15, 0.2) is 0 Å². The predicted molar refractivity (Wildman–Crippen MR) is 63.1 cm³/mol. The number of methoxy groups -OCH3 is 2. The second-order valence-electron chi connectivity index (χ2n) is 4.27. The van der Waals surface area contributed by atoms with Crippen LogP contribution in [0.2, 0.25) is 0 Å². The molecule has 0 bridgehead atoms. The monoisotopic (exact) mass is 241 g/mol. The van der Waals surface area contributed by atoms with Crippen molar-refractivity contribution >= 4 is 0 Å². The van der Waals surface area contributed by atoms with E-state index in [1.54, 1.807) is 14.2 Å². The lowest BCUT2D eigenvalue weighted by molar-refractivity contribution is 0.186. The first-order chi connectivity index (χ1) is 8.04. The maximum absolute atomic E-state index is 9.17. The summed E-state index contributed by atoms with van der Waals surface area (Å²) in [4.78, 5) is 8.03. The minimum Gasteiger partial charge on any atom is -0.481 e. The van der Waals surface area contributed by atoms with Crippen molar-refractivity contribution in [3.8, 4) is 11.8 Å². The smallest absolute Gasteiger partial charge is 0.224 e. The quantitative estimate of drug-likeness (QED) is 0.748. The molecule has 0 radical (unpaired) electrons. The van der Waals surface area contributed by atoms with E-state index in [0.717, 1.165) is 5.56 Å². The van der Waals surface area contributed by atoms with Crippen LogP contribution >= 0.6 is 0 Å². The number of nitrogens with one attached hydrogen (secondary N) is 1. The van der Waals surface area contributed by atoms with Crippen molar-refractivity contribution in [2.24, 2.45) is 0 Å². The zero-order valence-corrected chi connectivity index (χ0v) is 10.6. The third kappa shape index (κ3) is 3.54. The molecule has 1 aromatic heterocycles. The van der Waals surface area contributed by atoms with Gasteiger partial charge >= 0.3 is 0 Å². The highest BCUT2D eigenvalue weighted by Crippen LogP contribution is 2.23. The average Bonchev–Trinajstić information content (AvgIpc) is 2.35. The molecule has 96 valence electrons. The van der Waals surface area contributed by atoms with Gasteiger partial charge < -0.3 is 19.9 Å². The first-order valence-corrected chi connectivity index (χ1v) is 5.32. The second kappa shape index (κ2) is 5.79. The Kier molecular flexibility index (Phi) is 4.65. The lowest BCUT2D eigenvalue weighted by Crippen LogP contribution is -2.42. The lowest BCUT2D eigenvalue weighted by atomic mass is 10.1. The standard InChI is InChI=1S/C11H19N3O3/c1-11(2,6-15)14-5-8-9(16-3)12-7-13-10(8)17-4/h7,14-15H,5-6H2,1-4H3. The SMILES string of the molecule is COc1ncnc(OC)c1CNC(C)(C)CO. The van der Waals surface area contributed by atoms with Gasteiger partial charge in [-0.15, -0.1) is 0 Å². The number of rotatable bonds is 6. The van der Waals surface area contributed by atoms with Gasteiger partial charge in [0.05, 0.1) is 26.4 Å². The number of hydrogen-bond donors (Lipinski definition) is 2. The Morgan fingerprint density at radius 3 is 2.18 bits per heavy atom. The summed E-state index contributed by atoms with van der Waals surface area (Å²) in [6, 6.07) is 0. The van der Waals surface area contributed by atoms with Crippen molar-refractivity contribution in [3.05, 3.63) is 11.9 Å². The molecule has 0 aliphatic carbocycles. The van der Waals surface area contributed by atoms with Crippen LogP contribution in [0.3, 0.4) is 0 Å². The minimum absolute atomic E-state index is 0.0331. The highest BCUT2D eigenvalue weighted by atomic mass is 16.5. The van der Waals surface area contributed by atoms with Crippen LogP contribution in [0.5, 0.6) is 11.8 Å². The second-order valence-corrected chi connectivity index (χ2v) is 4.27. The Balaban J connectivity index is 2.88. The largest absolute Gasteiger partial charge is 0.481 e.